The second-order valence-electron chi connectivity index (χ2n) is 6.63. The van der Waals surface area contributed by atoms with Crippen molar-refractivity contribution in [2.45, 2.75) is 26.2 Å². The second-order valence-corrected chi connectivity index (χ2v) is 7.41. The van der Waals surface area contributed by atoms with Crippen molar-refractivity contribution in [3.63, 3.8) is 0 Å². The normalized spacial score (nSPS) is 11.0. The first-order chi connectivity index (χ1) is 14.7. The fraction of sp³-hybridized carbons (Fsp3) is 0.250. The summed E-state index contributed by atoms with van der Waals surface area (Å²) in [5.74, 6) is 1.22. The largest absolute Gasteiger partial charge is 0.339 e. The minimum Gasteiger partial charge on any atom is -0.339 e. The maximum absolute atomic E-state index is 12.8. The molecular formula is C20H20N6O3S. The van der Waals surface area contributed by atoms with Crippen molar-refractivity contribution >= 4 is 33.8 Å². The summed E-state index contributed by atoms with van der Waals surface area (Å²) in [6.07, 6.45) is 1.28. The number of fused-ring (bicyclic) bond motifs is 1. The van der Waals surface area contributed by atoms with Crippen LogP contribution in [0.15, 0.2) is 50.4 Å². The molecule has 3 heterocycles. The molecule has 3 aromatic heterocycles. The highest BCUT2D eigenvalue weighted by Crippen LogP contribution is 2.20. The number of H-pyrrole nitrogens is 1. The third-order valence-electron chi connectivity index (χ3n) is 4.49. The highest BCUT2D eigenvalue weighted by molar-refractivity contribution is 7.08. The predicted molar refractivity (Wildman–Crippen MR) is 114 cm³/mol. The lowest BCUT2D eigenvalue weighted by Crippen LogP contribution is -2.37. The van der Waals surface area contributed by atoms with Crippen LogP contribution >= 0.6 is 11.3 Å². The Morgan fingerprint density at radius 2 is 2.10 bits per heavy atom. The van der Waals surface area contributed by atoms with E-state index in [-0.39, 0.29) is 17.9 Å². The van der Waals surface area contributed by atoms with Crippen molar-refractivity contribution in [3.05, 3.63) is 57.3 Å². The molecule has 10 heteroatoms. The van der Waals surface area contributed by atoms with Gasteiger partial charge in [-0.3, -0.25) is 20.0 Å². The topological polar surface area (TPSA) is 117 Å². The molecular weight excluding hydrogens is 404 g/mol. The minimum absolute atomic E-state index is 0.135. The SMILES string of the molecule is CCCN(Nc1n[nH]c(=O)c2ccccc12)C(=O)CCc1nc(-c2ccsc2)no1. The van der Waals surface area contributed by atoms with Crippen LogP contribution in [0.4, 0.5) is 5.82 Å². The van der Waals surface area contributed by atoms with E-state index < -0.39 is 0 Å². The Kier molecular flexibility index (Phi) is 5.84. The van der Waals surface area contributed by atoms with Gasteiger partial charge in [-0.15, -0.1) is 0 Å². The van der Waals surface area contributed by atoms with E-state index in [0.717, 1.165) is 12.0 Å². The average molecular weight is 424 g/mol. The first-order valence-corrected chi connectivity index (χ1v) is 10.5. The molecule has 0 aliphatic rings. The van der Waals surface area contributed by atoms with E-state index in [1.165, 1.54) is 5.01 Å². The minimum atomic E-state index is -0.276. The summed E-state index contributed by atoms with van der Waals surface area (Å²) in [7, 11) is 0. The number of rotatable bonds is 8. The summed E-state index contributed by atoms with van der Waals surface area (Å²) >= 11 is 1.55. The molecule has 0 bridgehead atoms. The van der Waals surface area contributed by atoms with Gasteiger partial charge < -0.3 is 4.52 Å². The predicted octanol–water partition coefficient (Wildman–Crippen LogP) is 3.23. The molecule has 4 rings (SSSR count). The van der Waals surface area contributed by atoms with E-state index in [1.54, 1.807) is 29.5 Å². The first-order valence-electron chi connectivity index (χ1n) is 9.55. The summed E-state index contributed by atoms with van der Waals surface area (Å²) in [4.78, 5) is 29.1. The van der Waals surface area contributed by atoms with Crippen LogP contribution in [0.3, 0.4) is 0 Å². The quantitative estimate of drug-likeness (QED) is 0.417. The molecule has 0 aliphatic carbocycles. The van der Waals surface area contributed by atoms with Gasteiger partial charge >= 0.3 is 0 Å². The van der Waals surface area contributed by atoms with E-state index >= 15 is 0 Å². The van der Waals surface area contributed by atoms with Gasteiger partial charge in [-0.1, -0.05) is 30.3 Å². The molecule has 30 heavy (non-hydrogen) atoms. The van der Waals surface area contributed by atoms with Crippen LogP contribution in [0, 0.1) is 0 Å². The molecule has 1 amide bonds. The summed E-state index contributed by atoms with van der Waals surface area (Å²) in [6, 6.07) is 9.03. The molecule has 0 aliphatic heterocycles. The number of aromatic amines is 1. The van der Waals surface area contributed by atoms with Gasteiger partial charge in [0.25, 0.3) is 5.56 Å². The fourth-order valence-corrected chi connectivity index (χ4v) is 3.64. The van der Waals surface area contributed by atoms with Crippen molar-refractivity contribution in [3.8, 4) is 11.4 Å². The van der Waals surface area contributed by atoms with Crippen molar-refractivity contribution in [2.24, 2.45) is 0 Å². The molecule has 4 aromatic rings. The molecule has 9 nitrogen and oxygen atoms in total. The van der Waals surface area contributed by atoms with Gasteiger partial charge in [0.2, 0.25) is 17.6 Å². The van der Waals surface area contributed by atoms with E-state index in [2.05, 4.69) is 25.8 Å². The Morgan fingerprint density at radius 3 is 2.87 bits per heavy atom. The highest BCUT2D eigenvalue weighted by atomic mass is 32.1. The lowest BCUT2D eigenvalue weighted by atomic mass is 10.2. The van der Waals surface area contributed by atoms with Crippen LogP contribution in [0.5, 0.6) is 0 Å². The Hall–Kier alpha value is -3.53. The fourth-order valence-electron chi connectivity index (χ4n) is 3.01. The van der Waals surface area contributed by atoms with Crippen molar-refractivity contribution in [2.75, 3.05) is 12.0 Å². The number of hydrogen-bond acceptors (Lipinski definition) is 8. The number of carbonyl (C=O) groups is 1. The monoisotopic (exact) mass is 424 g/mol. The van der Waals surface area contributed by atoms with Gasteiger partial charge in [0.05, 0.1) is 5.39 Å². The van der Waals surface area contributed by atoms with Gasteiger partial charge in [-0.2, -0.15) is 21.4 Å². The third kappa shape index (κ3) is 4.23. The standard InChI is InChI=1S/C20H20N6O3S/c1-2-10-26(24-19-14-5-3-4-6-15(14)20(28)23-22-19)17(27)8-7-16-21-18(25-29-16)13-9-11-30-12-13/h3-6,9,11-12H,2,7-8,10H2,1H3,(H,22,24)(H,23,28). The lowest BCUT2D eigenvalue weighted by Gasteiger charge is -2.23. The van der Waals surface area contributed by atoms with Gasteiger partial charge in [-0.05, 0) is 23.9 Å². The zero-order chi connectivity index (χ0) is 20.9. The number of thiophene rings is 1. The van der Waals surface area contributed by atoms with Crippen LogP contribution in [-0.2, 0) is 11.2 Å². The third-order valence-corrected chi connectivity index (χ3v) is 5.17. The molecule has 0 radical (unpaired) electrons. The zero-order valence-corrected chi connectivity index (χ0v) is 17.1. The summed E-state index contributed by atoms with van der Waals surface area (Å²) in [5.41, 5.74) is 3.67. The number of nitrogens with zero attached hydrogens (tertiary/aromatic N) is 4. The Labute approximate surface area is 175 Å². The molecule has 0 saturated heterocycles. The molecule has 0 unspecified atom stereocenters. The maximum atomic E-state index is 12.8. The van der Waals surface area contributed by atoms with Crippen LogP contribution in [0.1, 0.15) is 25.7 Å². The molecule has 0 spiro atoms. The Morgan fingerprint density at radius 1 is 1.27 bits per heavy atom. The first kappa shape index (κ1) is 19.8. The van der Waals surface area contributed by atoms with E-state index in [9.17, 15) is 9.59 Å². The number of carbonyl (C=O) groups excluding carboxylic acids is 1. The number of hydrogen-bond donors (Lipinski definition) is 2. The smallest absolute Gasteiger partial charge is 0.272 e. The average Bonchev–Trinajstić information content (AvgIpc) is 3.45. The number of hydrazine groups is 1. The second kappa shape index (κ2) is 8.87. The maximum Gasteiger partial charge on any atom is 0.272 e. The van der Waals surface area contributed by atoms with Crippen LogP contribution in [0.25, 0.3) is 22.2 Å². The van der Waals surface area contributed by atoms with Crippen LogP contribution < -0.4 is 11.0 Å². The van der Waals surface area contributed by atoms with E-state index in [1.807, 2.05) is 29.8 Å². The van der Waals surface area contributed by atoms with Crippen LogP contribution in [-0.4, -0.2) is 37.8 Å². The van der Waals surface area contributed by atoms with Gasteiger partial charge in [0, 0.05) is 35.7 Å². The highest BCUT2D eigenvalue weighted by Gasteiger charge is 2.17. The summed E-state index contributed by atoms with van der Waals surface area (Å²) in [6.45, 7) is 2.46. The van der Waals surface area contributed by atoms with Gasteiger partial charge in [0.1, 0.15) is 0 Å². The molecule has 2 N–H and O–H groups in total. The van der Waals surface area contributed by atoms with E-state index in [0.29, 0.717) is 41.3 Å². The van der Waals surface area contributed by atoms with Crippen LogP contribution in [0.2, 0.25) is 0 Å². The van der Waals surface area contributed by atoms with Gasteiger partial charge in [-0.25, -0.2) is 5.10 Å². The number of aromatic nitrogens is 4. The molecule has 1 aromatic carbocycles. The van der Waals surface area contributed by atoms with Gasteiger partial charge in [0.15, 0.2) is 5.82 Å². The van der Waals surface area contributed by atoms with Crippen molar-refractivity contribution < 1.29 is 9.32 Å². The number of amides is 1. The molecule has 0 saturated carbocycles. The number of anilines is 1. The zero-order valence-electron chi connectivity index (χ0n) is 16.3. The molecule has 0 atom stereocenters. The number of nitrogens with one attached hydrogen (secondary N) is 2. The summed E-state index contributed by atoms with van der Waals surface area (Å²) in [5, 5.41) is 17.0. The number of aryl methyl sites for hydroxylation is 1. The summed E-state index contributed by atoms with van der Waals surface area (Å²) < 4.78 is 5.27. The molecule has 0 fully saturated rings. The number of benzene rings is 1. The van der Waals surface area contributed by atoms with Crippen molar-refractivity contribution in [1.82, 2.24) is 25.3 Å². The lowest BCUT2D eigenvalue weighted by molar-refractivity contribution is -0.130. The van der Waals surface area contributed by atoms with E-state index in [4.69, 9.17) is 4.52 Å². The Balaban J connectivity index is 1.46. The Bertz CT molecular complexity index is 1200. The van der Waals surface area contributed by atoms with Crippen molar-refractivity contribution in [1.29, 1.82) is 0 Å². The molecule has 154 valence electrons.